The number of carbonyl (C=O) groups excluding carboxylic acids is 1. The summed E-state index contributed by atoms with van der Waals surface area (Å²) in [7, 11) is 1.57. The van der Waals surface area contributed by atoms with Crippen LogP contribution in [0.1, 0.15) is 24.1 Å². The lowest BCUT2D eigenvalue weighted by molar-refractivity contribution is -0.113. The number of hydrogen-bond donors (Lipinski definition) is 1. The Balaban J connectivity index is 1.65. The second-order valence-corrected chi connectivity index (χ2v) is 9.71. The van der Waals surface area contributed by atoms with Crippen molar-refractivity contribution >= 4 is 29.0 Å². The number of nitrogens with one attached hydrogen (secondary N) is 1. The Labute approximate surface area is 228 Å². The van der Waals surface area contributed by atoms with Gasteiger partial charge in [0, 0.05) is 5.69 Å². The lowest BCUT2D eigenvalue weighted by atomic mass is 9.95. The van der Waals surface area contributed by atoms with E-state index >= 15 is 0 Å². The van der Waals surface area contributed by atoms with Crippen molar-refractivity contribution in [1.82, 2.24) is 4.57 Å². The summed E-state index contributed by atoms with van der Waals surface area (Å²) in [6, 6.07) is 24.9. The number of allylic oxidation sites excluding steroid dienone is 1. The van der Waals surface area contributed by atoms with Crippen molar-refractivity contribution in [3.8, 4) is 17.6 Å². The molecular weight excluding hydrogens is 512 g/mol. The molecule has 0 spiro atoms. The third kappa shape index (κ3) is 5.37. The highest BCUT2D eigenvalue weighted by molar-refractivity contribution is 7.07. The van der Waals surface area contributed by atoms with Crippen LogP contribution in [0.25, 0.3) is 6.08 Å². The number of amides is 1. The molecule has 1 aliphatic rings. The summed E-state index contributed by atoms with van der Waals surface area (Å²) in [5.41, 5.74) is 2.73. The van der Waals surface area contributed by atoms with Crippen molar-refractivity contribution < 1.29 is 14.3 Å². The largest absolute Gasteiger partial charge is 0.497 e. The molecule has 8 nitrogen and oxygen atoms in total. The highest BCUT2D eigenvalue weighted by atomic mass is 32.1. The van der Waals surface area contributed by atoms with Gasteiger partial charge >= 0.3 is 0 Å². The fourth-order valence-electron chi connectivity index (χ4n) is 4.42. The number of nitrogens with zero attached hydrogens (tertiary/aromatic N) is 3. The van der Waals surface area contributed by atoms with Crippen molar-refractivity contribution in [2.24, 2.45) is 4.99 Å². The zero-order valence-electron chi connectivity index (χ0n) is 21.3. The van der Waals surface area contributed by atoms with Crippen LogP contribution in [0.3, 0.4) is 0 Å². The number of para-hydroxylation sites is 1. The lowest BCUT2D eigenvalue weighted by Crippen LogP contribution is -2.40. The molecule has 2 heterocycles. The van der Waals surface area contributed by atoms with Crippen LogP contribution in [-0.2, 0) is 4.79 Å². The predicted molar refractivity (Wildman–Crippen MR) is 149 cm³/mol. The molecule has 0 fully saturated rings. The van der Waals surface area contributed by atoms with Crippen molar-refractivity contribution in [3.05, 3.63) is 121 Å². The van der Waals surface area contributed by atoms with Crippen LogP contribution in [-0.4, -0.2) is 24.2 Å². The van der Waals surface area contributed by atoms with E-state index in [1.807, 2.05) is 54.6 Å². The van der Waals surface area contributed by atoms with E-state index in [1.165, 1.54) is 11.3 Å². The van der Waals surface area contributed by atoms with Gasteiger partial charge < -0.3 is 14.8 Å². The Morgan fingerprint density at radius 2 is 1.87 bits per heavy atom. The molecule has 5 rings (SSSR count). The van der Waals surface area contributed by atoms with Crippen LogP contribution in [0.15, 0.2) is 99.9 Å². The average Bonchev–Trinajstić information content (AvgIpc) is 3.25. The van der Waals surface area contributed by atoms with Gasteiger partial charge in [0.15, 0.2) is 11.4 Å². The van der Waals surface area contributed by atoms with Gasteiger partial charge in [0.2, 0.25) is 0 Å². The number of carbonyl (C=O) groups is 1. The molecule has 1 atom stereocenters. The van der Waals surface area contributed by atoms with Gasteiger partial charge in [-0.15, -0.1) is 0 Å². The molecule has 0 saturated heterocycles. The molecule has 0 unspecified atom stereocenters. The van der Waals surface area contributed by atoms with Crippen LogP contribution < -0.4 is 29.7 Å². The third-order valence-electron chi connectivity index (χ3n) is 6.17. The maximum Gasteiger partial charge on any atom is 0.271 e. The molecule has 1 amide bonds. The molecule has 0 bridgehead atoms. The summed E-state index contributed by atoms with van der Waals surface area (Å²) in [5.74, 6) is 0.802. The fourth-order valence-corrected chi connectivity index (χ4v) is 5.47. The first-order valence-electron chi connectivity index (χ1n) is 12.1. The Morgan fingerprint density at radius 3 is 2.64 bits per heavy atom. The summed E-state index contributed by atoms with van der Waals surface area (Å²) in [5, 5.41) is 11.7. The van der Waals surface area contributed by atoms with E-state index in [0.29, 0.717) is 37.8 Å². The summed E-state index contributed by atoms with van der Waals surface area (Å²) < 4.78 is 12.9. The summed E-state index contributed by atoms with van der Waals surface area (Å²) >= 11 is 1.25. The van der Waals surface area contributed by atoms with Gasteiger partial charge in [-0.1, -0.05) is 53.8 Å². The van der Waals surface area contributed by atoms with Crippen molar-refractivity contribution in [3.63, 3.8) is 0 Å². The zero-order chi connectivity index (χ0) is 27.4. The number of ether oxygens (including phenoxy) is 2. The van der Waals surface area contributed by atoms with Crippen LogP contribution in [0, 0.1) is 11.3 Å². The van der Waals surface area contributed by atoms with Crippen molar-refractivity contribution in [2.45, 2.75) is 13.0 Å². The normalized spacial score (nSPS) is 14.7. The Kier molecular flexibility index (Phi) is 7.39. The Morgan fingerprint density at radius 1 is 1.10 bits per heavy atom. The van der Waals surface area contributed by atoms with Gasteiger partial charge in [0.1, 0.15) is 17.6 Å². The zero-order valence-corrected chi connectivity index (χ0v) is 22.1. The van der Waals surface area contributed by atoms with Gasteiger partial charge in [-0.2, -0.15) is 5.26 Å². The molecular formula is C30H24N4O4S. The molecule has 0 aliphatic carbocycles. The average molecular weight is 537 g/mol. The van der Waals surface area contributed by atoms with Gasteiger partial charge in [-0.3, -0.25) is 14.2 Å². The highest BCUT2D eigenvalue weighted by Gasteiger charge is 2.32. The maximum absolute atomic E-state index is 13.9. The van der Waals surface area contributed by atoms with E-state index in [-0.39, 0.29) is 18.1 Å². The predicted octanol–water partition coefficient (Wildman–Crippen LogP) is 3.78. The Hall–Kier alpha value is -4.94. The van der Waals surface area contributed by atoms with Gasteiger partial charge in [-0.05, 0) is 60.5 Å². The number of methoxy groups -OCH3 is 1. The van der Waals surface area contributed by atoms with E-state index in [9.17, 15) is 9.59 Å². The van der Waals surface area contributed by atoms with Gasteiger partial charge in [-0.25, -0.2) is 4.99 Å². The van der Waals surface area contributed by atoms with E-state index in [4.69, 9.17) is 14.7 Å². The van der Waals surface area contributed by atoms with Crippen LogP contribution >= 0.6 is 11.3 Å². The van der Waals surface area contributed by atoms with E-state index in [2.05, 4.69) is 10.3 Å². The molecule has 194 valence electrons. The number of aromatic nitrogens is 1. The SMILES string of the molecule is COc1cccc([C@H]2C(C(=O)Nc3ccccc3)=C(C)N=c3s/c(=C\c4cccc(OCC#N)c4)c(=O)n32)c1. The maximum atomic E-state index is 13.9. The minimum atomic E-state index is -0.715. The minimum absolute atomic E-state index is 0.0702. The first-order valence-corrected chi connectivity index (χ1v) is 12.9. The summed E-state index contributed by atoms with van der Waals surface area (Å²) in [6.07, 6.45) is 1.76. The number of nitriles is 1. The van der Waals surface area contributed by atoms with Crippen LogP contribution in [0.5, 0.6) is 11.5 Å². The van der Waals surface area contributed by atoms with Crippen molar-refractivity contribution in [2.75, 3.05) is 19.0 Å². The van der Waals surface area contributed by atoms with Gasteiger partial charge in [0.25, 0.3) is 11.5 Å². The molecule has 1 N–H and O–H groups in total. The second kappa shape index (κ2) is 11.2. The van der Waals surface area contributed by atoms with Crippen molar-refractivity contribution in [1.29, 1.82) is 5.26 Å². The topological polar surface area (TPSA) is 106 Å². The van der Waals surface area contributed by atoms with E-state index < -0.39 is 6.04 Å². The smallest absolute Gasteiger partial charge is 0.271 e. The molecule has 0 saturated carbocycles. The number of rotatable bonds is 7. The molecule has 39 heavy (non-hydrogen) atoms. The first-order chi connectivity index (χ1) is 19.0. The molecule has 0 radical (unpaired) electrons. The molecule has 9 heteroatoms. The fraction of sp³-hybridized carbons (Fsp3) is 0.133. The number of benzene rings is 3. The molecule has 1 aromatic heterocycles. The summed E-state index contributed by atoms with van der Waals surface area (Å²) in [4.78, 5) is 32.7. The number of hydrogen-bond acceptors (Lipinski definition) is 7. The number of fused-ring (bicyclic) bond motifs is 1. The van der Waals surface area contributed by atoms with Gasteiger partial charge in [0.05, 0.1) is 29.0 Å². The second-order valence-electron chi connectivity index (χ2n) is 8.70. The standard InChI is InChI=1S/C30H24N4O4S/c1-19-26(28(35)33-22-10-4-3-5-11-22)27(21-9-7-12-23(18-21)37-2)34-29(36)25(39-30(34)32-19)17-20-8-6-13-24(16-20)38-15-14-31/h3-13,16-18,27H,15H2,1-2H3,(H,33,35)/b25-17-/t27-/m0/s1. The molecule has 3 aromatic carbocycles. The highest BCUT2D eigenvalue weighted by Crippen LogP contribution is 2.32. The van der Waals surface area contributed by atoms with Crippen LogP contribution in [0.2, 0.25) is 0 Å². The Bertz CT molecular complexity index is 1800. The monoisotopic (exact) mass is 536 g/mol. The molecule has 1 aliphatic heterocycles. The molecule has 4 aromatic rings. The lowest BCUT2D eigenvalue weighted by Gasteiger charge is -2.25. The van der Waals surface area contributed by atoms with E-state index in [0.717, 1.165) is 11.1 Å². The summed E-state index contributed by atoms with van der Waals surface area (Å²) in [6.45, 7) is 1.71. The van der Waals surface area contributed by atoms with Crippen LogP contribution in [0.4, 0.5) is 5.69 Å². The number of anilines is 1. The van der Waals surface area contributed by atoms with E-state index in [1.54, 1.807) is 55.0 Å². The third-order valence-corrected chi connectivity index (χ3v) is 7.15. The number of thiazole rings is 1. The first kappa shape index (κ1) is 25.7. The quantitative estimate of drug-likeness (QED) is 0.387. The minimum Gasteiger partial charge on any atom is -0.497 e.